The highest BCUT2D eigenvalue weighted by Gasteiger charge is 2.35. The summed E-state index contributed by atoms with van der Waals surface area (Å²) in [5, 5.41) is 12.6. The van der Waals surface area contributed by atoms with Crippen LogP contribution in [0.5, 0.6) is 5.88 Å². The minimum Gasteiger partial charge on any atom is -0.468 e. The van der Waals surface area contributed by atoms with E-state index in [1.807, 2.05) is 0 Å². The van der Waals surface area contributed by atoms with Crippen LogP contribution in [0.3, 0.4) is 0 Å². The molecule has 2 atom stereocenters. The second-order valence-electron chi connectivity index (χ2n) is 7.73. The van der Waals surface area contributed by atoms with E-state index in [0.717, 1.165) is 4.31 Å². The third-order valence-electron chi connectivity index (χ3n) is 5.37. The number of ether oxygens (including phenoxy) is 1. The SMILES string of the molecule is CC(C(=O)Nc1cnc2c(c1)N(S(=O)(=O)c1cccc(Cl)c1)CC(CO)O2)c1ccc(F)cc1. The number of sulfonamides is 1. The van der Waals surface area contributed by atoms with Crippen LogP contribution in [0.4, 0.5) is 15.8 Å². The Morgan fingerprint density at radius 2 is 2.03 bits per heavy atom. The molecule has 1 amide bonds. The highest BCUT2D eigenvalue weighted by Crippen LogP contribution is 2.37. The summed E-state index contributed by atoms with van der Waals surface area (Å²) in [6.07, 6.45) is 0.505. The molecule has 2 N–H and O–H groups in total. The minimum absolute atomic E-state index is 0.000449. The fourth-order valence-corrected chi connectivity index (χ4v) is 5.28. The Labute approximate surface area is 201 Å². The number of hydrogen-bond donors (Lipinski definition) is 2. The fourth-order valence-electron chi connectivity index (χ4n) is 3.49. The Kier molecular flexibility index (Phi) is 6.74. The van der Waals surface area contributed by atoms with Crippen molar-refractivity contribution < 1.29 is 27.4 Å². The molecule has 0 radical (unpaired) electrons. The largest absolute Gasteiger partial charge is 0.468 e. The standard InChI is InChI=1S/C23H21ClFN3O5S/c1-14(15-5-7-17(25)8-6-15)22(30)27-18-10-21-23(26-11-18)33-19(13-29)12-28(21)34(31,32)20-4-2-3-16(24)9-20/h2-11,14,19,29H,12-13H2,1H3,(H,27,30). The zero-order valence-electron chi connectivity index (χ0n) is 18.0. The van der Waals surface area contributed by atoms with Crippen molar-refractivity contribution in [3.8, 4) is 5.88 Å². The third kappa shape index (κ3) is 4.84. The third-order valence-corrected chi connectivity index (χ3v) is 7.38. The number of halogens is 2. The van der Waals surface area contributed by atoms with Gasteiger partial charge < -0.3 is 15.2 Å². The van der Waals surface area contributed by atoms with Crippen LogP contribution < -0.4 is 14.4 Å². The Morgan fingerprint density at radius 1 is 1.29 bits per heavy atom. The van der Waals surface area contributed by atoms with Gasteiger partial charge in [-0.05, 0) is 48.9 Å². The maximum atomic E-state index is 13.4. The van der Waals surface area contributed by atoms with Gasteiger partial charge in [0, 0.05) is 5.02 Å². The van der Waals surface area contributed by atoms with Crippen LogP contribution in [0.15, 0.2) is 65.7 Å². The number of benzene rings is 2. The second-order valence-corrected chi connectivity index (χ2v) is 10.0. The first-order chi connectivity index (χ1) is 16.2. The van der Waals surface area contributed by atoms with Crippen molar-refractivity contribution in [2.24, 2.45) is 0 Å². The fraction of sp³-hybridized carbons (Fsp3) is 0.217. The first kappa shape index (κ1) is 23.9. The topological polar surface area (TPSA) is 109 Å². The van der Waals surface area contributed by atoms with Gasteiger partial charge in [-0.1, -0.05) is 29.8 Å². The molecule has 11 heteroatoms. The lowest BCUT2D eigenvalue weighted by Crippen LogP contribution is -2.45. The molecule has 178 valence electrons. The predicted octanol–water partition coefficient (Wildman–Crippen LogP) is 3.56. The van der Waals surface area contributed by atoms with Gasteiger partial charge >= 0.3 is 0 Å². The number of fused-ring (bicyclic) bond motifs is 1. The molecule has 1 aliphatic rings. The molecule has 3 aromatic rings. The number of aliphatic hydroxyl groups excluding tert-OH is 1. The Balaban J connectivity index is 1.66. The maximum absolute atomic E-state index is 13.4. The molecule has 0 saturated carbocycles. The molecule has 0 fully saturated rings. The average molecular weight is 506 g/mol. The molecule has 34 heavy (non-hydrogen) atoms. The number of rotatable bonds is 6. The maximum Gasteiger partial charge on any atom is 0.264 e. The predicted molar refractivity (Wildman–Crippen MR) is 125 cm³/mol. The van der Waals surface area contributed by atoms with E-state index >= 15 is 0 Å². The number of nitrogens with zero attached hydrogens (tertiary/aromatic N) is 2. The van der Waals surface area contributed by atoms with Crippen LogP contribution in [0.1, 0.15) is 18.4 Å². The zero-order valence-corrected chi connectivity index (χ0v) is 19.6. The van der Waals surface area contributed by atoms with Crippen molar-refractivity contribution in [3.63, 3.8) is 0 Å². The molecule has 0 spiro atoms. The Hall–Kier alpha value is -3.21. The van der Waals surface area contributed by atoms with Crippen molar-refractivity contribution in [2.75, 3.05) is 22.8 Å². The number of aliphatic hydroxyl groups is 1. The highest BCUT2D eigenvalue weighted by atomic mass is 35.5. The summed E-state index contributed by atoms with van der Waals surface area (Å²) in [7, 11) is -4.08. The summed E-state index contributed by atoms with van der Waals surface area (Å²) in [6, 6.07) is 12.8. The van der Waals surface area contributed by atoms with Crippen molar-refractivity contribution in [2.45, 2.75) is 23.8 Å². The van der Waals surface area contributed by atoms with E-state index < -0.39 is 34.5 Å². The van der Waals surface area contributed by atoms with Crippen LogP contribution >= 0.6 is 11.6 Å². The van der Waals surface area contributed by atoms with E-state index in [1.54, 1.807) is 13.0 Å². The number of aromatic nitrogens is 1. The van der Waals surface area contributed by atoms with Gasteiger partial charge in [-0.15, -0.1) is 0 Å². The molecule has 1 aromatic heterocycles. The molecule has 8 nitrogen and oxygen atoms in total. The molecule has 1 aliphatic heterocycles. The molecule has 0 aliphatic carbocycles. The minimum atomic E-state index is -4.08. The van der Waals surface area contributed by atoms with Gasteiger partial charge in [-0.2, -0.15) is 0 Å². The van der Waals surface area contributed by atoms with Gasteiger partial charge in [0.1, 0.15) is 17.6 Å². The summed E-state index contributed by atoms with van der Waals surface area (Å²) in [4.78, 5) is 16.9. The van der Waals surface area contributed by atoms with Crippen LogP contribution in [-0.4, -0.2) is 43.7 Å². The van der Waals surface area contributed by atoms with Crippen molar-refractivity contribution in [3.05, 3.63) is 77.2 Å². The van der Waals surface area contributed by atoms with E-state index in [4.69, 9.17) is 16.3 Å². The molecule has 0 bridgehead atoms. The molecule has 2 unspecified atom stereocenters. The Bertz CT molecular complexity index is 1320. The first-order valence-electron chi connectivity index (χ1n) is 10.3. The number of nitrogens with one attached hydrogen (secondary N) is 1. The van der Waals surface area contributed by atoms with Gasteiger partial charge in [0.05, 0.1) is 35.8 Å². The summed E-state index contributed by atoms with van der Waals surface area (Å²) in [5.74, 6) is -1.39. The van der Waals surface area contributed by atoms with Gasteiger partial charge in [0.25, 0.3) is 10.0 Å². The van der Waals surface area contributed by atoms with Gasteiger partial charge in [-0.25, -0.2) is 17.8 Å². The van der Waals surface area contributed by atoms with E-state index in [2.05, 4.69) is 10.3 Å². The molecular formula is C23H21ClFN3O5S. The van der Waals surface area contributed by atoms with Crippen molar-refractivity contribution >= 4 is 38.9 Å². The first-order valence-corrected chi connectivity index (χ1v) is 12.1. The molecule has 0 saturated heterocycles. The van der Waals surface area contributed by atoms with Gasteiger partial charge in [0.2, 0.25) is 11.8 Å². The summed E-state index contributed by atoms with van der Waals surface area (Å²) < 4.78 is 46.7. The second kappa shape index (κ2) is 9.57. The normalized spacial score (nSPS) is 16.4. The lowest BCUT2D eigenvalue weighted by Gasteiger charge is -2.34. The Morgan fingerprint density at radius 3 is 2.71 bits per heavy atom. The van der Waals surface area contributed by atoms with Gasteiger partial charge in [-0.3, -0.25) is 9.10 Å². The van der Waals surface area contributed by atoms with Crippen LogP contribution in [0.25, 0.3) is 0 Å². The summed E-state index contributed by atoms with van der Waals surface area (Å²) in [6.45, 7) is 1.08. The number of anilines is 2. The van der Waals surface area contributed by atoms with E-state index in [9.17, 15) is 22.7 Å². The quantitative estimate of drug-likeness (QED) is 0.530. The number of carbonyl (C=O) groups is 1. The lowest BCUT2D eigenvalue weighted by molar-refractivity contribution is -0.117. The van der Waals surface area contributed by atoms with Crippen molar-refractivity contribution in [1.82, 2.24) is 4.98 Å². The number of pyridine rings is 1. The van der Waals surface area contributed by atoms with E-state index in [-0.39, 0.29) is 39.6 Å². The molecular weight excluding hydrogens is 485 g/mol. The summed E-state index contributed by atoms with van der Waals surface area (Å²) >= 11 is 5.99. The van der Waals surface area contributed by atoms with Crippen LogP contribution in [-0.2, 0) is 14.8 Å². The highest BCUT2D eigenvalue weighted by molar-refractivity contribution is 7.92. The van der Waals surface area contributed by atoms with Gasteiger partial charge in [0.15, 0.2) is 0 Å². The number of amides is 1. The lowest BCUT2D eigenvalue weighted by atomic mass is 10.0. The monoisotopic (exact) mass is 505 g/mol. The van der Waals surface area contributed by atoms with Crippen LogP contribution in [0, 0.1) is 5.82 Å². The van der Waals surface area contributed by atoms with Crippen LogP contribution in [0.2, 0.25) is 5.02 Å². The smallest absolute Gasteiger partial charge is 0.264 e. The molecule has 2 heterocycles. The zero-order chi connectivity index (χ0) is 24.5. The van der Waals surface area contributed by atoms with E-state index in [0.29, 0.717) is 5.56 Å². The average Bonchev–Trinajstić information content (AvgIpc) is 2.83. The van der Waals surface area contributed by atoms with Crippen molar-refractivity contribution in [1.29, 1.82) is 0 Å². The number of hydrogen-bond acceptors (Lipinski definition) is 6. The summed E-state index contributed by atoms with van der Waals surface area (Å²) in [5.41, 5.74) is 0.969. The number of carbonyl (C=O) groups excluding carboxylic acids is 1. The molecule has 4 rings (SSSR count). The molecule has 2 aromatic carbocycles. The van der Waals surface area contributed by atoms with E-state index in [1.165, 1.54) is 54.7 Å².